The van der Waals surface area contributed by atoms with Crippen LogP contribution < -0.4 is 0 Å². The SMILES string of the molecule is CC(C)C(O)CC=C[Si](C)(C)C. The van der Waals surface area contributed by atoms with Gasteiger partial charge in [-0.2, -0.15) is 0 Å². The Balaban J connectivity index is 3.75. The third kappa shape index (κ3) is 6.62. The lowest BCUT2D eigenvalue weighted by Gasteiger charge is -2.13. The van der Waals surface area contributed by atoms with Gasteiger partial charge in [0, 0.05) is 0 Å². The minimum atomic E-state index is -1.05. The molecule has 0 amide bonds. The van der Waals surface area contributed by atoms with E-state index in [0.29, 0.717) is 5.92 Å². The molecule has 0 spiro atoms. The van der Waals surface area contributed by atoms with Gasteiger partial charge in [-0.25, -0.2) is 0 Å². The van der Waals surface area contributed by atoms with E-state index in [4.69, 9.17) is 0 Å². The molecule has 1 nitrogen and oxygen atoms in total. The van der Waals surface area contributed by atoms with E-state index < -0.39 is 8.07 Å². The maximum Gasteiger partial charge on any atom is 0.0682 e. The van der Waals surface area contributed by atoms with E-state index in [2.05, 4.69) is 31.4 Å². The second-order valence-corrected chi connectivity index (χ2v) is 9.88. The molecule has 2 heteroatoms. The van der Waals surface area contributed by atoms with Crippen LogP contribution in [0.5, 0.6) is 0 Å². The Morgan fingerprint density at radius 1 is 1.25 bits per heavy atom. The zero-order valence-electron chi connectivity index (χ0n) is 8.96. The molecule has 1 atom stereocenters. The van der Waals surface area contributed by atoms with E-state index in [9.17, 15) is 5.11 Å². The smallest absolute Gasteiger partial charge is 0.0682 e. The van der Waals surface area contributed by atoms with Crippen molar-refractivity contribution in [2.75, 3.05) is 0 Å². The normalized spacial score (nSPS) is 15.9. The van der Waals surface area contributed by atoms with E-state index in [1.165, 1.54) is 0 Å². The Kier molecular flexibility index (Phi) is 4.79. The van der Waals surface area contributed by atoms with E-state index in [1.807, 2.05) is 13.8 Å². The fourth-order valence-electron chi connectivity index (χ4n) is 0.833. The molecule has 0 aliphatic rings. The highest BCUT2D eigenvalue weighted by atomic mass is 28.3. The first-order valence-electron chi connectivity index (χ1n) is 4.68. The molecular formula is C10H22OSi. The lowest BCUT2D eigenvalue weighted by Crippen LogP contribution is -2.17. The van der Waals surface area contributed by atoms with E-state index in [0.717, 1.165) is 6.42 Å². The number of aliphatic hydroxyl groups excluding tert-OH is 1. The Morgan fingerprint density at radius 2 is 1.75 bits per heavy atom. The Hall–Kier alpha value is -0.0831. The molecule has 0 aliphatic heterocycles. The lowest BCUT2D eigenvalue weighted by atomic mass is 10.1. The summed E-state index contributed by atoms with van der Waals surface area (Å²) in [6.45, 7) is 11.0. The van der Waals surface area contributed by atoms with Gasteiger partial charge in [0.15, 0.2) is 0 Å². The number of aliphatic hydroxyl groups is 1. The lowest BCUT2D eigenvalue weighted by molar-refractivity contribution is 0.128. The summed E-state index contributed by atoms with van der Waals surface area (Å²) in [5, 5.41) is 9.49. The van der Waals surface area contributed by atoms with Crippen molar-refractivity contribution in [3.05, 3.63) is 11.8 Å². The fourth-order valence-corrected chi connectivity index (χ4v) is 1.68. The molecule has 12 heavy (non-hydrogen) atoms. The van der Waals surface area contributed by atoms with Crippen LogP contribution in [0.1, 0.15) is 20.3 Å². The van der Waals surface area contributed by atoms with Gasteiger partial charge >= 0.3 is 0 Å². The molecular weight excluding hydrogens is 164 g/mol. The van der Waals surface area contributed by atoms with Crippen molar-refractivity contribution in [3.8, 4) is 0 Å². The largest absolute Gasteiger partial charge is 0.393 e. The number of hydrogen-bond acceptors (Lipinski definition) is 1. The molecule has 0 heterocycles. The monoisotopic (exact) mass is 186 g/mol. The number of hydrogen-bond donors (Lipinski definition) is 1. The topological polar surface area (TPSA) is 20.2 Å². The average Bonchev–Trinajstić information content (AvgIpc) is 1.84. The summed E-state index contributed by atoms with van der Waals surface area (Å²) < 4.78 is 0. The van der Waals surface area contributed by atoms with Crippen LogP contribution in [-0.4, -0.2) is 19.3 Å². The van der Waals surface area contributed by atoms with Crippen molar-refractivity contribution in [2.24, 2.45) is 5.92 Å². The van der Waals surface area contributed by atoms with Crippen LogP contribution >= 0.6 is 0 Å². The first-order valence-corrected chi connectivity index (χ1v) is 8.26. The molecule has 0 aromatic heterocycles. The molecule has 1 unspecified atom stereocenters. The highest BCUT2D eigenvalue weighted by Gasteiger charge is 2.09. The van der Waals surface area contributed by atoms with E-state index in [-0.39, 0.29) is 6.10 Å². The van der Waals surface area contributed by atoms with Gasteiger partial charge in [-0.3, -0.25) is 0 Å². The van der Waals surface area contributed by atoms with Crippen molar-refractivity contribution in [1.29, 1.82) is 0 Å². The van der Waals surface area contributed by atoms with E-state index >= 15 is 0 Å². The summed E-state index contributed by atoms with van der Waals surface area (Å²) >= 11 is 0. The molecule has 1 N–H and O–H groups in total. The van der Waals surface area contributed by atoms with Crippen LogP contribution in [0.25, 0.3) is 0 Å². The van der Waals surface area contributed by atoms with Crippen molar-refractivity contribution < 1.29 is 5.11 Å². The molecule has 0 rings (SSSR count). The molecule has 0 aromatic carbocycles. The van der Waals surface area contributed by atoms with Gasteiger partial charge in [-0.05, 0) is 12.3 Å². The van der Waals surface area contributed by atoms with Crippen LogP contribution in [0.15, 0.2) is 11.8 Å². The molecule has 0 aromatic rings. The van der Waals surface area contributed by atoms with Gasteiger partial charge < -0.3 is 5.11 Å². The van der Waals surface area contributed by atoms with Gasteiger partial charge in [0.2, 0.25) is 0 Å². The number of rotatable bonds is 4. The van der Waals surface area contributed by atoms with Crippen LogP contribution in [0, 0.1) is 5.92 Å². The van der Waals surface area contributed by atoms with Crippen LogP contribution in [0.2, 0.25) is 19.6 Å². The Bertz CT molecular complexity index is 144. The van der Waals surface area contributed by atoms with Crippen molar-refractivity contribution in [2.45, 2.75) is 46.0 Å². The van der Waals surface area contributed by atoms with Crippen molar-refractivity contribution in [3.63, 3.8) is 0 Å². The molecule has 0 aliphatic carbocycles. The van der Waals surface area contributed by atoms with Crippen LogP contribution in [0.4, 0.5) is 0 Å². The summed E-state index contributed by atoms with van der Waals surface area (Å²) in [6.07, 6.45) is 2.77. The second kappa shape index (κ2) is 4.82. The predicted molar refractivity (Wildman–Crippen MR) is 57.9 cm³/mol. The molecule has 0 saturated carbocycles. The van der Waals surface area contributed by atoms with Gasteiger partial charge in [0.05, 0.1) is 14.2 Å². The Labute approximate surface area is 77.5 Å². The molecule has 72 valence electrons. The van der Waals surface area contributed by atoms with E-state index in [1.54, 1.807) is 0 Å². The first-order chi connectivity index (χ1) is 5.33. The summed E-state index contributed by atoms with van der Waals surface area (Å²) in [7, 11) is -1.05. The van der Waals surface area contributed by atoms with Gasteiger partial charge in [-0.1, -0.05) is 45.3 Å². The molecule has 0 bridgehead atoms. The summed E-state index contributed by atoms with van der Waals surface area (Å²) in [4.78, 5) is 0. The van der Waals surface area contributed by atoms with Gasteiger partial charge in [0.1, 0.15) is 0 Å². The molecule has 0 saturated heterocycles. The summed E-state index contributed by atoms with van der Waals surface area (Å²) in [5.74, 6) is 0.372. The molecule has 0 fully saturated rings. The Morgan fingerprint density at radius 3 is 2.08 bits per heavy atom. The minimum Gasteiger partial charge on any atom is -0.393 e. The minimum absolute atomic E-state index is 0.169. The fraction of sp³-hybridized carbons (Fsp3) is 0.800. The first kappa shape index (κ1) is 11.9. The average molecular weight is 186 g/mol. The second-order valence-electron chi connectivity index (χ2n) is 4.82. The highest BCUT2D eigenvalue weighted by molar-refractivity contribution is 6.80. The maximum absolute atomic E-state index is 9.49. The standard InChI is InChI=1S/C10H22OSi/c1-9(2)10(11)7-6-8-12(3,4)5/h6,8-11H,7H2,1-5H3. The zero-order chi connectivity index (χ0) is 9.78. The maximum atomic E-state index is 9.49. The third-order valence-electron chi connectivity index (χ3n) is 1.76. The van der Waals surface area contributed by atoms with Crippen molar-refractivity contribution in [1.82, 2.24) is 0 Å². The van der Waals surface area contributed by atoms with Crippen LogP contribution in [0.3, 0.4) is 0 Å². The quantitative estimate of drug-likeness (QED) is 0.669. The summed E-state index contributed by atoms with van der Waals surface area (Å²) in [6, 6.07) is 0. The zero-order valence-corrected chi connectivity index (χ0v) is 9.96. The predicted octanol–water partition coefficient (Wildman–Crippen LogP) is 2.83. The van der Waals surface area contributed by atoms with Gasteiger partial charge in [0.25, 0.3) is 0 Å². The highest BCUT2D eigenvalue weighted by Crippen LogP contribution is 2.08. The summed E-state index contributed by atoms with van der Waals surface area (Å²) in [5.41, 5.74) is 2.29. The van der Waals surface area contributed by atoms with Crippen LogP contribution in [-0.2, 0) is 0 Å². The van der Waals surface area contributed by atoms with Gasteiger partial charge in [-0.15, -0.1) is 0 Å². The van der Waals surface area contributed by atoms with Crippen molar-refractivity contribution >= 4 is 8.07 Å². The third-order valence-corrected chi connectivity index (χ3v) is 3.00. The molecule has 0 radical (unpaired) electrons.